The molecule has 1 amide bonds. The van der Waals surface area contributed by atoms with Gasteiger partial charge in [0, 0.05) is 23.5 Å². The highest BCUT2D eigenvalue weighted by molar-refractivity contribution is 6.05. The van der Waals surface area contributed by atoms with E-state index in [0.29, 0.717) is 17.0 Å². The van der Waals surface area contributed by atoms with Crippen molar-refractivity contribution < 1.29 is 9.53 Å². The summed E-state index contributed by atoms with van der Waals surface area (Å²) in [5.41, 5.74) is 3.21. The number of nitrogens with zero attached hydrogens (tertiary/aromatic N) is 1. The van der Waals surface area contributed by atoms with E-state index in [4.69, 9.17) is 4.74 Å². The minimum absolute atomic E-state index is 0.181. The number of benzene rings is 2. The Bertz CT molecular complexity index is 809. The Hall–Kier alpha value is -3.08. The van der Waals surface area contributed by atoms with Crippen LogP contribution in [0.25, 0.3) is 11.4 Å². The van der Waals surface area contributed by atoms with Crippen LogP contribution in [0.1, 0.15) is 15.9 Å². The van der Waals surface area contributed by atoms with Crippen LogP contribution >= 0.6 is 0 Å². The number of amides is 1. The average molecular weight is 307 g/mol. The number of carbonyl (C=O) groups is 1. The Morgan fingerprint density at radius 2 is 1.96 bits per heavy atom. The lowest BCUT2D eigenvalue weighted by molar-refractivity contribution is 0.102. The number of nitrogens with one attached hydrogen (secondary N) is 2. The van der Waals surface area contributed by atoms with Crippen LogP contribution in [0.15, 0.2) is 54.9 Å². The number of H-pyrrole nitrogens is 1. The van der Waals surface area contributed by atoms with Gasteiger partial charge in [-0.25, -0.2) is 4.98 Å². The molecule has 116 valence electrons. The van der Waals surface area contributed by atoms with Crippen molar-refractivity contribution in [2.75, 3.05) is 12.4 Å². The molecule has 1 aromatic heterocycles. The maximum atomic E-state index is 12.4. The van der Waals surface area contributed by atoms with Crippen LogP contribution in [0.3, 0.4) is 0 Å². The zero-order valence-electron chi connectivity index (χ0n) is 13.0. The predicted octanol–water partition coefficient (Wildman–Crippen LogP) is 3.65. The SMILES string of the molecule is COc1ccc(C)cc1NC(=O)c1ccc(-c2ncc[nH]2)cc1. The standard InChI is InChI=1S/C18H17N3O2/c1-12-3-8-16(23-2)15(11-12)21-18(22)14-6-4-13(5-7-14)17-19-9-10-20-17/h3-11H,1-2H3,(H,19,20)(H,21,22). The van der Waals surface area contributed by atoms with Crippen molar-refractivity contribution in [2.45, 2.75) is 6.92 Å². The van der Waals surface area contributed by atoms with E-state index >= 15 is 0 Å². The minimum Gasteiger partial charge on any atom is -0.495 e. The van der Waals surface area contributed by atoms with Gasteiger partial charge < -0.3 is 15.0 Å². The van der Waals surface area contributed by atoms with Crippen molar-refractivity contribution in [3.8, 4) is 17.1 Å². The lowest BCUT2D eigenvalue weighted by Gasteiger charge is -2.11. The summed E-state index contributed by atoms with van der Waals surface area (Å²) in [7, 11) is 1.58. The topological polar surface area (TPSA) is 67.0 Å². The summed E-state index contributed by atoms with van der Waals surface area (Å²) in [6, 6.07) is 12.9. The van der Waals surface area contributed by atoms with Gasteiger partial charge in [-0.15, -0.1) is 0 Å². The maximum Gasteiger partial charge on any atom is 0.255 e. The van der Waals surface area contributed by atoms with Gasteiger partial charge in [-0.05, 0) is 36.8 Å². The van der Waals surface area contributed by atoms with E-state index in [1.807, 2.05) is 37.3 Å². The first kappa shape index (κ1) is 14.8. The van der Waals surface area contributed by atoms with E-state index in [2.05, 4.69) is 15.3 Å². The number of methoxy groups -OCH3 is 1. The molecule has 0 saturated carbocycles. The lowest BCUT2D eigenvalue weighted by atomic mass is 10.1. The molecule has 0 atom stereocenters. The van der Waals surface area contributed by atoms with Gasteiger partial charge in [0.15, 0.2) is 0 Å². The number of carbonyl (C=O) groups excluding carboxylic acids is 1. The molecule has 3 rings (SSSR count). The number of imidazole rings is 1. The van der Waals surface area contributed by atoms with Crippen molar-refractivity contribution in [2.24, 2.45) is 0 Å². The van der Waals surface area contributed by atoms with Gasteiger partial charge in [0.25, 0.3) is 5.91 Å². The van der Waals surface area contributed by atoms with Crippen molar-refractivity contribution in [3.63, 3.8) is 0 Å². The summed E-state index contributed by atoms with van der Waals surface area (Å²) >= 11 is 0. The van der Waals surface area contributed by atoms with Crippen LogP contribution in [0.5, 0.6) is 5.75 Å². The fourth-order valence-electron chi connectivity index (χ4n) is 2.32. The molecule has 0 radical (unpaired) electrons. The number of rotatable bonds is 4. The van der Waals surface area contributed by atoms with Crippen LogP contribution in [-0.4, -0.2) is 23.0 Å². The number of hydrogen-bond donors (Lipinski definition) is 2. The van der Waals surface area contributed by atoms with Gasteiger partial charge in [0.05, 0.1) is 12.8 Å². The zero-order chi connectivity index (χ0) is 16.2. The summed E-state index contributed by atoms with van der Waals surface area (Å²) in [6.07, 6.45) is 3.46. The summed E-state index contributed by atoms with van der Waals surface area (Å²) < 4.78 is 5.28. The molecule has 1 heterocycles. The van der Waals surface area contributed by atoms with E-state index < -0.39 is 0 Å². The second kappa shape index (κ2) is 6.36. The normalized spacial score (nSPS) is 10.3. The Kier molecular flexibility index (Phi) is 4.10. The van der Waals surface area contributed by atoms with Crippen molar-refractivity contribution in [1.82, 2.24) is 9.97 Å². The number of anilines is 1. The molecule has 0 aliphatic heterocycles. The summed E-state index contributed by atoms with van der Waals surface area (Å²) in [4.78, 5) is 19.6. The second-order valence-corrected chi connectivity index (χ2v) is 5.17. The van der Waals surface area contributed by atoms with E-state index in [-0.39, 0.29) is 5.91 Å². The molecule has 2 aromatic carbocycles. The van der Waals surface area contributed by atoms with Gasteiger partial charge in [-0.2, -0.15) is 0 Å². The van der Waals surface area contributed by atoms with E-state index in [1.165, 1.54) is 0 Å². The minimum atomic E-state index is -0.181. The molecular weight excluding hydrogens is 290 g/mol. The summed E-state index contributed by atoms with van der Waals surface area (Å²) in [6.45, 7) is 1.97. The van der Waals surface area contributed by atoms with Gasteiger partial charge in [-0.3, -0.25) is 4.79 Å². The number of hydrogen-bond acceptors (Lipinski definition) is 3. The van der Waals surface area contributed by atoms with Crippen LogP contribution in [0.4, 0.5) is 5.69 Å². The molecule has 2 N–H and O–H groups in total. The molecular formula is C18H17N3O2. The van der Waals surface area contributed by atoms with E-state index in [9.17, 15) is 4.79 Å². The molecule has 3 aromatic rings. The molecule has 5 heteroatoms. The van der Waals surface area contributed by atoms with Crippen LogP contribution < -0.4 is 10.1 Å². The molecule has 0 fully saturated rings. The zero-order valence-corrected chi connectivity index (χ0v) is 13.0. The number of aromatic amines is 1. The van der Waals surface area contributed by atoms with Crippen molar-refractivity contribution in [1.29, 1.82) is 0 Å². The summed E-state index contributed by atoms with van der Waals surface area (Å²) in [5.74, 6) is 1.23. The number of ether oxygens (including phenoxy) is 1. The van der Waals surface area contributed by atoms with Gasteiger partial charge >= 0.3 is 0 Å². The molecule has 0 aliphatic carbocycles. The third-order valence-corrected chi connectivity index (χ3v) is 3.52. The Balaban J connectivity index is 1.80. The first-order valence-corrected chi connectivity index (χ1v) is 7.23. The average Bonchev–Trinajstić information content (AvgIpc) is 3.10. The highest BCUT2D eigenvalue weighted by Crippen LogP contribution is 2.26. The van der Waals surface area contributed by atoms with Crippen molar-refractivity contribution >= 4 is 11.6 Å². The summed E-state index contributed by atoms with van der Waals surface area (Å²) in [5, 5.41) is 2.89. The fourth-order valence-corrected chi connectivity index (χ4v) is 2.32. The van der Waals surface area contributed by atoms with E-state index in [0.717, 1.165) is 17.0 Å². The van der Waals surface area contributed by atoms with Crippen LogP contribution in [0.2, 0.25) is 0 Å². The molecule has 23 heavy (non-hydrogen) atoms. The van der Waals surface area contributed by atoms with Gasteiger partial charge in [0.2, 0.25) is 0 Å². The molecule has 0 unspecified atom stereocenters. The first-order valence-electron chi connectivity index (χ1n) is 7.23. The monoisotopic (exact) mass is 307 g/mol. The van der Waals surface area contributed by atoms with Gasteiger partial charge in [0.1, 0.15) is 11.6 Å². The Morgan fingerprint density at radius 3 is 2.61 bits per heavy atom. The highest BCUT2D eigenvalue weighted by Gasteiger charge is 2.10. The van der Waals surface area contributed by atoms with E-state index in [1.54, 1.807) is 31.6 Å². The molecule has 0 bridgehead atoms. The number of aromatic nitrogens is 2. The first-order chi connectivity index (χ1) is 11.2. The third kappa shape index (κ3) is 3.23. The fraction of sp³-hybridized carbons (Fsp3) is 0.111. The lowest BCUT2D eigenvalue weighted by Crippen LogP contribution is -2.12. The quantitative estimate of drug-likeness (QED) is 0.773. The largest absolute Gasteiger partial charge is 0.495 e. The second-order valence-electron chi connectivity index (χ2n) is 5.17. The molecule has 5 nitrogen and oxygen atoms in total. The van der Waals surface area contributed by atoms with Gasteiger partial charge in [-0.1, -0.05) is 18.2 Å². The molecule has 0 spiro atoms. The molecule has 0 saturated heterocycles. The Labute approximate surface area is 134 Å². The smallest absolute Gasteiger partial charge is 0.255 e. The van der Waals surface area contributed by atoms with Crippen molar-refractivity contribution in [3.05, 3.63) is 66.0 Å². The third-order valence-electron chi connectivity index (χ3n) is 3.52. The van der Waals surface area contributed by atoms with Crippen LogP contribution in [-0.2, 0) is 0 Å². The molecule has 0 aliphatic rings. The van der Waals surface area contributed by atoms with Crippen LogP contribution in [0, 0.1) is 6.92 Å². The number of aryl methyl sites for hydroxylation is 1. The predicted molar refractivity (Wildman–Crippen MR) is 89.7 cm³/mol. The highest BCUT2D eigenvalue weighted by atomic mass is 16.5. The Morgan fingerprint density at radius 1 is 1.17 bits per heavy atom. The maximum absolute atomic E-state index is 12.4.